The molecule has 4 aliphatic rings. The fourth-order valence-electron chi connectivity index (χ4n) is 10.1. The van der Waals surface area contributed by atoms with Crippen LogP contribution in [0.5, 0.6) is 11.5 Å². The first-order valence-corrected chi connectivity index (χ1v) is 37.6. The van der Waals surface area contributed by atoms with Crippen molar-refractivity contribution in [1.82, 2.24) is 58.5 Å². The summed E-state index contributed by atoms with van der Waals surface area (Å²) in [6.07, 6.45) is 17.5. The predicted octanol–water partition coefficient (Wildman–Crippen LogP) is 9.53. The number of anilines is 7. The van der Waals surface area contributed by atoms with Gasteiger partial charge in [-0.3, -0.25) is 19.8 Å². The molecule has 4 N–H and O–H groups in total. The Kier molecular flexibility index (Phi) is 24.4. The van der Waals surface area contributed by atoms with Crippen LogP contribution in [0.15, 0.2) is 98.4 Å². The van der Waals surface area contributed by atoms with Gasteiger partial charge in [0, 0.05) is 114 Å². The normalized spacial score (nSPS) is 15.5. The molecule has 0 unspecified atom stereocenters. The third-order valence-corrected chi connectivity index (χ3v) is 14.3. The zero-order valence-corrected chi connectivity index (χ0v) is 55.0. The second-order valence-corrected chi connectivity index (χ2v) is 33.1. The van der Waals surface area contributed by atoms with E-state index >= 15 is 0 Å². The van der Waals surface area contributed by atoms with E-state index in [4.69, 9.17) is 39.4 Å². The number of halogens is 2. The third-order valence-electron chi connectivity index (χ3n) is 14.3. The Hall–Kier alpha value is -6.25. The average molecular weight is 1450 g/mol. The van der Waals surface area contributed by atoms with E-state index in [1.54, 1.807) is 37.9 Å². The molecule has 12 rings (SSSR count). The summed E-state index contributed by atoms with van der Waals surface area (Å²) in [4.78, 5) is 61.2. The maximum atomic E-state index is 14.0. The molecule has 4 fully saturated rings. The van der Waals surface area contributed by atoms with Crippen LogP contribution in [0.3, 0.4) is 0 Å². The minimum atomic E-state index is -0.743. The first kappa shape index (κ1) is 66.7. The van der Waals surface area contributed by atoms with E-state index in [0.717, 1.165) is 108 Å². The van der Waals surface area contributed by atoms with Crippen LogP contribution in [0.4, 0.5) is 45.0 Å². The molecule has 27 heteroatoms. The van der Waals surface area contributed by atoms with Crippen LogP contribution in [0, 0.1) is 13.8 Å². The molecule has 2 aromatic carbocycles. The standard InChI is InChI=1S/C32H40N8O4.C25H29N9O3.C2H5.CH4.2HI.V/c1-6-15-43-28-16-23(7-8-27(28)38-13-11-37(12-14-38)24-20-42-21-24)40(31(41)44-32(3,4)5)30-29-34-9-10-39(29)19-26(36-30)25-18-33-17-22(2)35-25;26-23-13-27-12-19(30-23)20-14-34-4-3-28-25(34)24(31-20)29-17-1-2-21(22(11-17)37-10-9-35)33-7-5-32(6-8-33)18-15-36-16-18;1-2;;;;/h7-10,16-19,24H,6,11-15,20-21H2,1-5H3;1-4,11-14,18,35H,5-10,15-16H2,(H2,26,30)(H,29,31);1H2,2H3;1H4;2*1H;/q;;-1;;;;+2/p-2. The summed E-state index contributed by atoms with van der Waals surface area (Å²) in [7, 11) is 0.628. The van der Waals surface area contributed by atoms with Gasteiger partial charge in [-0.25, -0.2) is 39.6 Å². The Labute approximate surface area is 537 Å². The number of ether oxygens (including phenoxy) is 5. The Morgan fingerprint density at radius 2 is 1.29 bits per heavy atom. The van der Waals surface area contributed by atoms with Crippen molar-refractivity contribution < 1.29 is 43.1 Å². The Balaban J connectivity index is 0.000000210. The second-order valence-electron chi connectivity index (χ2n) is 21.3. The van der Waals surface area contributed by atoms with Gasteiger partial charge < -0.3 is 65.4 Å². The quantitative estimate of drug-likeness (QED) is 0.0601. The summed E-state index contributed by atoms with van der Waals surface area (Å²) >= 11 is 4.74. The predicted molar refractivity (Wildman–Crippen MR) is 353 cm³/mol. The van der Waals surface area contributed by atoms with Crippen molar-refractivity contribution in [2.24, 2.45) is 0 Å². The van der Waals surface area contributed by atoms with Gasteiger partial charge in [-0.1, -0.05) is 14.4 Å². The number of amides is 1. The molecule has 87 heavy (non-hydrogen) atoms. The first-order chi connectivity index (χ1) is 41.8. The summed E-state index contributed by atoms with van der Waals surface area (Å²) in [6, 6.07) is 12.9. The van der Waals surface area contributed by atoms with Gasteiger partial charge in [0.2, 0.25) is 0 Å². The van der Waals surface area contributed by atoms with Crippen molar-refractivity contribution in [1.29, 1.82) is 0 Å². The van der Waals surface area contributed by atoms with Gasteiger partial charge in [0.25, 0.3) is 0 Å². The van der Waals surface area contributed by atoms with Gasteiger partial charge in [0.15, 0.2) is 22.9 Å². The molecule has 8 aromatic rings. The fourth-order valence-corrected chi connectivity index (χ4v) is 10.1. The van der Waals surface area contributed by atoms with Crippen molar-refractivity contribution in [3.05, 3.63) is 111 Å². The number of hydrogen-bond acceptors (Lipinski definition) is 21. The van der Waals surface area contributed by atoms with Crippen LogP contribution in [0.2, 0.25) is 0 Å². The molecule has 6 aromatic heterocycles. The summed E-state index contributed by atoms with van der Waals surface area (Å²) in [5, 5.41) is 12.8. The number of benzene rings is 2. The number of nitrogens with two attached hydrogens (primary N) is 1. The van der Waals surface area contributed by atoms with Crippen LogP contribution in [-0.4, -0.2) is 186 Å². The van der Waals surface area contributed by atoms with E-state index < -0.39 is 11.7 Å². The second kappa shape index (κ2) is 31.8. The van der Waals surface area contributed by atoms with E-state index in [1.807, 2.05) is 97.7 Å². The zero-order valence-electron chi connectivity index (χ0n) is 49.3. The van der Waals surface area contributed by atoms with Gasteiger partial charge in [0.05, 0.1) is 93.1 Å². The Morgan fingerprint density at radius 1 is 0.747 bits per heavy atom. The SMILES string of the molecule is C.CCCOc1cc(N(C(=O)OC(C)(C)C)c2nc(-c3cncc(C)n3)cn3ccnc23)ccc1N1CCN(C2COC2)CC1.Nc1cncc(-c2cn3ccnc3c(Nc3ccc(N4CCN(C5COC5)CC4)c(OCCO)c3)n2)n1.[CH2-]C.[I][V][I]. The van der Waals surface area contributed by atoms with Crippen molar-refractivity contribution in [3.63, 3.8) is 0 Å². The topological polar surface area (TPSA) is 250 Å². The van der Waals surface area contributed by atoms with Gasteiger partial charge in [-0.15, -0.1) is 0 Å². The fraction of sp³-hybridized carbons (Fsp3) is 0.433. The van der Waals surface area contributed by atoms with Crippen molar-refractivity contribution in [2.45, 2.75) is 73.1 Å². The van der Waals surface area contributed by atoms with E-state index in [-0.39, 0.29) is 20.6 Å². The number of aromatic nitrogens is 10. The van der Waals surface area contributed by atoms with E-state index in [0.29, 0.717) is 96.9 Å². The maximum absolute atomic E-state index is 14.0. The molecular formula is C60H78I2N17O7V-. The monoisotopic (exact) mass is 1450 g/mol. The van der Waals surface area contributed by atoms with Crippen molar-refractivity contribution in [2.75, 3.05) is 124 Å². The molecule has 465 valence electrons. The number of rotatable bonds is 16. The molecular weight excluding hydrogens is 1380 g/mol. The minimum absolute atomic E-state index is 0. The Morgan fingerprint density at radius 3 is 1.84 bits per heavy atom. The van der Waals surface area contributed by atoms with Gasteiger partial charge in [-0.2, -0.15) is 6.92 Å². The van der Waals surface area contributed by atoms with Crippen molar-refractivity contribution in [3.8, 4) is 34.3 Å². The molecule has 0 aliphatic carbocycles. The van der Waals surface area contributed by atoms with Crippen LogP contribution < -0.4 is 35.2 Å². The molecule has 4 aliphatic heterocycles. The van der Waals surface area contributed by atoms with E-state index in [2.05, 4.69) is 109 Å². The van der Waals surface area contributed by atoms with E-state index in [1.165, 1.54) is 11.1 Å². The number of piperazine rings is 2. The average Bonchev–Trinajstić information content (AvgIpc) is 2.40. The number of aliphatic hydroxyl groups excluding tert-OH is 1. The Bertz CT molecular complexity index is 3500. The molecule has 1 amide bonds. The number of carbonyl (C=O) groups is 1. The molecule has 0 bridgehead atoms. The molecule has 24 nitrogen and oxygen atoms in total. The molecule has 0 radical (unpaired) electrons. The van der Waals surface area contributed by atoms with Crippen LogP contribution in [0.1, 0.15) is 54.2 Å². The summed E-state index contributed by atoms with van der Waals surface area (Å²) < 4.78 is 32.7. The number of aliphatic hydroxyl groups is 1. The van der Waals surface area contributed by atoms with Crippen LogP contribution >= 0.6 is 40.0 Å². The van der Waals surface area contributed by atoms with Crippen molar-refractivity contribution >= 4 is 97.5 Å². The number of nitrogens with zero attached hydrogens (tertiary/aromatic N) is 15. The number of nitrogen functional groups attached to an aromatic ring is 1. The van der Waals surface area contributed by atoms with Crippen LogP contribution in [0.25, 0.3) is 34.1 Å². The zero-order chi connectivity index (χ0) is 60.7. The summed E-state index contributed by atoms with van der Waals surface area (Å²) in [5.74, 6) is 2.61. The number of nitrogens with one attached hydrogen (secondary N) is 1. The van der Waals surface area contributed by atoms with Gasteiger partial charge in [-0.05, 0) is 58.4 Å². The first-order valence-electron chi connectivity index (χ1n) is 28.5. The number of aryl methyl sites for hydroxylation is 1. The van der Waals surface area contributed by atoms with E-state index in [9.17, 15) is 9.90 Å². The number of fused-ring (bicyclic) bond motifs is 2. The summed E-state index contributed by atoms with van der Waals surface area (Å²) in [6.45, 7) is 25.9. The molecule has 4 saturated heterocycles. The third kappa shape index (κ3) is 16.9. The molecule has 0 saturated carbocycles. The van der Waals surface area contributed by atoms with Gasteiger partial charge >= 0.3 is 55.5 Å². The van der Waals surface area contributed by atoms with Crippen LogP contribution in [-0.2, 0) is 23.7 Å². The molecule has 0 spiro atoms. The number of carbonyl (C=O) groups excluding carboxylic acids is 1. The summed E-state index contributed by atoms with van der Waals surface area (Å²) in [5.41, 5.74) is 12.7. The number of imidazole rings is 2. The number of hydrogen-bond donors (Lipinski definition) is 3. The van der Waals surface area contributed by atoms with Gasteiger partial charge in [0.1, 0.15) is 52.3 Å². The molecule has 0 atom stereocenters. The molecule has 10 heterocycles.